The van der Waals surface area contributed by atoms with Gasteiger partial charge in [-0.2, -0.15) is 5.26 Å². The average molecular weight is 375 g/mol. The first kappa shape index (κ1) is 19.0. The lowest BCUT2D eigenvalue weighted by atomic mass is 10.2. The Balaban J connectivity index is 1.83. The van der Waals surface area contributed by atoms with Crippen molar-refractivity contribution in [3.8, 4) is 6.07 Å². The molecule has 0 radical (unpaired) electrons. The van der Waals surface area contributed by atoms with E-state index in [1.54, 1.807) is 26.0 Å². The molecule has 2 aromatic rings. The summed E-state index contributed by atoms with van der Waals surface area (Å²) in [6.45, 7) is 3.74. The van der Waals surface area contributed by atoms with Crippen LogP contribution in [0, 0.1) is 18.3 Å². The second kappa shape index (κ2) is 9.20. The number of aromatic nitrogens is 1. The Morgan fingerprint density at radius 2 is 2.08 bits per heavy atom. The Morgan fingerprint density at radius 3 is 2.72 bits per heavy atom. The minimum Gasteiger partial charge on any atom is -0.462 e. The zero-order valence-electron chi connectivity index (χ0n) is 13.9. The van der Waals surface area contributed by atoms with Gasteiger partial charge in [0.1, 0.15) is 4.88 Å². The molecular formula is C17H17N3O3S2. The van der Waals surface area contributed by atoms with Gasteiger partial charge in [-0.05, 0) is 31.5 Å². The summed E-state index contributed by atoms with van der Waals surface area (Å²) in [6.07, 6.45) is 0. The normalized spacial score (nSPS) is 10.1. The Labute approximate surface area is 154 Å². The van der Waals surface area contributed by atoms with Gasteiger partial charge in [0.05, 0.1) is 29.7 Å². The Morgan fingerprint density at radius 1 is 1.36 bits per heavy atom. The van der Waals surface area contributed by atoms with E-state index in [4.69, 9.17) is 10.00 Å². The van der Waals surface area contributed by atoms with Gasteiger partial charge in [-0.15, -0.1) is 11.8 Å². The topological polar surface area (TPSA) is 92.1 Å². The molecule has 0 aliphatic heterocycles. The van der Waals surface area contributed by atoms with Crippen LogP contribution < -0.4 is 5.32 Å². The van der Waals surface area contributed by atoms with Crippen molar-refractivity contribution in [3.63, 3.8) is 0 Å². The lowest BCUT2D eigenvalue weighted by Gasteiger charge is -2.02. The van der Waals surface area contributed by atoms with Gasteiger partial charge in [-0.3, -0.25) is 4.79 Å². The fraction of sp³-hybridized carbons (Fsp3) is 0.294. The summed E-state index contributed by atoms with van der Waals surface area (Å²) >= 11 is 2.58. The fourth-order valence-corrected chi connectivity index (χ4v) is 3.59. The van der Waals surface area contributed by atoms with Crippen LogP contribution in [0.25, 0.3) is 0 Å². The van der Waals surface area contributed by atoms with E-state index in [0.717, 1.165) is 16.9 Å². The lowest BCUT2D eigenvalue weighted by molar-refractivity contribution is -0.113. The first-order valence-electron chi connectivity index (χ1n) is 7.54. The maximum atomic E-state index is 12.0. The van der Waals surface area contributed by atoms with Crippen LogP contribution in [0.15, 0.2) is 24.3 Å². The Bertz CT molecular complexity index is 794. The standard InChI is InChI=1S/C17H17N3O3S2/c1-3-23-16(22)15-11(2)19-17(25-15)20-14(21)10-24-9-13-6-4-12(8-18)5-7-13/h4-7H,3,9-10H2,1-2H3,(H,19,20,21). The molecule has 1 amide bonds. The summed E-state index contributed by atoms with van der Waals surface area (Å²) in [6, 6.07) is 9.33. The predicted molar refractivity (Wildman–Crippen MR) is 98.8 cm³/mol. The molecule has 1 aromatic carbocycles. The number of nitrogens with zero attached hydrogens (tertiary/aromatic N) is 2. The highest BCUT2D eigenvalue weighted by atomic mass is 32.2. The highest BCUT2D eigenvalue weighted by Gasteiger charge is 2.17. The van der Waals surface area contributed by atoms with Crippen molar-refractivity contribution in [3.05, 3.63) is 46.0 Å². The molecule has 130 valence electrons. The van der Waals surface area contributed by atoms with Crippen molar-refractivity contribution >= 4 is 40.1 Å². The van der Waals surface area contributed by atoms with Gasteiger partial charge in [0, 0.05) is 5.75 Å². The summed E-state index contributed by atoms with van der Waals surface area (Å²) in [4.78, 5) is 28.3. The Kier molecular flexibility index (Phi) is 6.98. The molecule has 25 heavy (non-hydrogen) atoms. The van der Waals surface area contributed by atoms with E-state index in [0.29, 0.717) is 33.6 Å². The molecule has 0 fully saturated rings. The first-order valence-corrected chi connectivity index (χ1v) is 9.51. The number of hydrogen-bond donors (Lipinski definition) is 1. The largest absolute Gasteiger partial charge is 0.462 e. The number of rotatable bonds is 7. The number of anilines is 1. The number of carbonyl (C=O) groups is 2. The van der Waals surface area contributed by atoms with Gasteiger partial charge in [0.2, 0.25) is 5.91 Å². The molecule has 0 atom stereocenters. The Hall–Kier alpha value is -2.37. The van der Waals surface area contributed by atoms with E-state index >= 15 is 0 Å². The van der Waals surface area contributed by atoms with E-state index in [1.165, 1.54) is 11.8 Å². The number of thioether (sulfide) groups is 1. The zero-order valence-corrected chi connectivity index (χ0v) is 15.5. The molecule has 1 N–H and O–H groups in total. The molecule has 0 aliphatic carbocycles. The van der Waals surface area contributed by atoms with E-state index in [-0.39, 0.29) is 11.7 Å². The van der Waals surface area contributed by atoms with Gasteiger partial charge < -0.3 is 10.1 Å². The van der Waals surface area contributed by atoms with Crippen molar-refractivity contribution in [1.82, 2.24) is 4.98 Å². The molecule has 1 aromatic heterocycles. The van der Waals surface area contributed by atoms with Gasteiger partial charge in [0.15, 0.2) is 5.13 Å². The highest BCUT2D eigenvalue weighted by molar-refractivity contribution is 7.99. The van der Waals surface area contributed by atoms with Gasteiger partial charge >= 0.3 is 5.97 Å². The van der Waals surface area contributed by atoms with Crippen molar-refractivity contribution in [2.45, 2.75) is 19.6 Å². The number of aryl methyl sites for hydroxylation is 1. The fourth-order valence-electron chi connectivity index (χ4n) is 1.93. The summed E-state index contributed by atoms with van der Waals surface area (Å²) in [5, 5.41) is 11.9. The van der Waals surface area contributed by atoms with Crippen LogP contribution in [0.1, 0.15) is 33.4 Å². The molecule has 2 rings (SSSR count). The van der Waals surface area contributed by atoms with Crippen LogP contribution in [-0.4, -0.2) is 29.2 Å². The molecule has 0 spiro atoms. The first-order chi connectivity index (χ1) is 12.0. The lowest BCUT2D eigenvalue weighted by Crippen LogP contribution is -2.13. The maximum absolute atomic E-state index is 12.0. The third kappa shape index (κ3) is 5.59. The van der Waals surface area contributed by atoms with E-state index < -0.39 is 5.97 Å². The van der Waals surface area contributed by atoms with Gasteiger partial charge in [0.25, 0.3) is 0 Å². The highest BCUT2D eigenvalue weighted by Crippen LogP contribution is 2.23. The SMILES string of the molecule is CCOC(=O)c1sc(NC(=O)CSCc2ccc(C#N)cc2)nc1C. The second-order valence-corrected chi connectivity index (χ2v) is 6.99. The summed E-state index contributed by atoms with van der Waals surface area (Å²) in [7, 11) is 0. The third-order valence-electron chi connectivity index (χ3n) is 3.09. The minimum atomic E-state index is -0.423. The molecule has 0 unspecified atom stereocenters. The number of thiazole rings is 1. The van der Waals surface area contributed by atoms with Crippen molar-refractivity contribution < 1.29 is 14.3 Å². The van der Waals surface area contributed by atoms with Crippen LogP contribution >= 0.6 is 23.1 Å². The van der Waals surface area contributed by atoms with Crippen molar-refractivity contribution in [2.75, 3.05) is 17.7 Å². The molecule has 8 heteroatoms. The third-order valence-corrected chi connectivity index (χ3v) is 5.15. The van der Waals surface area contributed by atoms with Gasteiger partial charge in [-0.25, -0.2) is 9.78 Å². The van der Waals surface area contributed by atoms with E-state index in [1.807, 2.05) is 12.1 Å². The number of hydrogen-bond acceptors (Lipinski definition) is 7. The van der Waals surface area contributed by atoms with Crippen molar-refractivity contribution in [2.24, 2.45) is 0 Å². The van der Waals surface area contributed by atoms with E-state index in [9.17, 15) is 9.59 Å². The molecule has 0 saturated carbocycles. The number of nitrogens with one attached hydrogen (secondary N) is 1. The summed E-state index contributed by atoms with van der Waals surface area (Å²) < 4.78 is 4.95. The number of ether oxygens (including phenoxy) is 1. The van der Waals surface area contributed by atoms with E-state index in [2.05, 4.69) is 16.4 Å². The monoisotopic (exact) mass is 375 g/mol. The quantitative estimate of drug-likeness (QED) is 0.746. The second-order valence-electron chi connectivity index (χ2n) is 5.00. The van der Waals surface area contributed by atoms with Crippen LogP contribution in [0.2, 0.25) is 0 Å². The average Bonchev–Trinajstić information content (AvgIpc) is 2.96. The summed E-state index contributed by atoms with van der Waals surface area (Å²) in [5.41, 5.74) is 2.21. The van der Waals surface area contributed by atoms with Crippen LogP contribution in [-0.2, 0) is 15.3 Å². The van der Waals surface area contributed by atoms with Crippen LogP contribution in [0.5, 0.6) is 0 Å². The molecular weight excluding hydrogens is 358 g/mol. The predicted octanol–water partition coefficient (Wildman–Crippen LogP) is 3.37. The number of benzene rings is 1. The van der Waals surface area contributed by atoms with Crippen LogP contribution in [0.3, 0.4) is 0 Å². The molecule has 0 bridgehead atoms. The molecule has 1 heterocycles. The van der Waals surface area contributed by atoms with Gasteiger partial charge in [-0.1, -0.05) is 23.5 Å². The smallest absolute Gasteiger partial charge is 0.350 e. The number of amides is 1. The zero-order chi connectivity index (χ0) is 18.2. The number of carbonyl (C=O) groups excluding carboxylic acids is 2. The number of nitriles is 1. The molecule has 0 saturated heterocycles. The summed E-state index contributed by atoms with van der Waals surface area (Å²) in [5.74, 6) is 0.341. The van der Waals surface area contributed by atoms with Crippen LogP contribution in [0.4, 0.5) is 5.13 Å². The molecule has 0 aliphatic rings. The van der Waals surface area contributed by atoms with Crippen molar-refractivity contribution in [1.29, 1.82) is 5.26 Å². The number of esters is 1. The maximum Gasteiger partial charge on any atom is 0.350 e. The minimum absolute atomic E-state index is 0.178. The molecule has 6 nitrogen and oxygen atoms in total.